The number of hydrogen-bond acceptors (Lipinski definition) is 3. The molecule has 0 spiro atoms. The quantitative estimate of drug-likeness (QED) is 0.639. The Morgan fingerprint density at radius 1 is 1.24 bits per heavy atom. The van der Waals surface area contributed by atoms with Gasteiger partial charge in [-0.05, 0) is 37.9 Å². The molecule has 0 bridgehead atoms. The predicted octanol–water partition coefficient (Wildman–Crippen LogP) is 2.34. The molecule has 0 aliphatic carbocycles. The van der Waals surface area contributed by atoms with Gasteiger partial charge in [0.15, 0.2) is 11.6 Å². The number of halogens is 2. The minimum absolute atomic E-state index is 0.0771. The van der Waals surface area contributed by atoms with E-state index in [4.69, 9.17) is 0 Å². The average molecular weight is 242 g/mol. The van der Waals surface area contributed by atoms with Crippen molar-refractivity contribution in [1.82, 2.24) is 5.32 Å². The summed E-state index contributed by atoms with van der Waals surface area (Å²) < 4.78 is 26.2. The molecule has 0 saturated carbocycles. The van der Waals surface area contributed by atoms with Crippen molar-refractivity contribution >= 4 is 5.69 Å². The number of piperidine rings is 1. The number of nitrogens with zero attached hydrogens (tertiary/aromatic N) is 1. The van der Waals surface area contributed by atoms with Gasteiger partial charge in [0, 0.05) is 5.56 Å². The first-order chi connectivity index (χ1) is 8.09. The second-order valence-electron chi connectivity index (χ2n) is 4.11. The van der Waals surface area contributed by atoms with Crippen LogP contribution in [0.15, 0.2) is 12.1 Å². The molecule has 92 valence electrons. The minimum Gasteiger partial charge on any atom is -0.317 e. The molecule has 0 amide bonds. The summed E-state index contributed by atoms with van der Waals surface area (Å²) in [6.45, 7) is 1.47. The summed E-state index contributed by atoms with van der Waals surface area (Å²) in [6, 6.07) is 1.64. The first kappa shape index (κ1) is 11.9. The number of nitro benzene ring substituents is 1. The van der Waals surface area contributed by atoms with Gasteiger partial charge in [0.05, 0.1) is 11.0 Å². The van der Waals surface area contributed by atoms with Gasteiger partial charge < -0.3 is 5.32 Å². The topological polar surface area (TPSA) is 55.2 Å². The van der Waals surface area contributed by atoms with Crippen LogP contribution < -0.4 is 5.32 Å². The van der Waals surface area contributed by atoms with E-state index in [-0.39, 0.29) is 11.6 Å². The highest BCUT2D eigenvalue weighted by Crippen LogP contribution is 2.33. The molecule has 0 unspecified atom stereocenters. The number of benzene rings is 1. The highest BCUT2D eigenvalue weighted by Gasteiger charge is 2.26. The Balaban J connectivity index is 2.42. The Morgan fingerprint density at radius 2 is 1.82 bits per heavy atom. The highest BCUT2D eigenvalue weighted by atomic mass is 19.2. The summed E-state index contributed by atoms with van der Waals surface area (Å²) in [5.41, 5.74) is -0.0220. The lowest BCUT2D eigenvalue weighted by molar-refractivity contribution is -0.386. The van der Waals surface area contributed by atoms with E-state index in [1.165, 1.54) is 0 Å². The summed E-state index contributed by atoms with van der Waals surface area (Å²) in [5, 5.41) is 14.0. The van der Waals surface area contributed by atoms with Crippen LogP contribution in [0.3, 0.4) is 0 Å². The summed E-state index contributed by atoms with van der Waals surface area (Å²) >= 11 is 0. The van der Waals surface area contributed by atoms with Gasteiger partial charge in [0.2, 0.25) is 0 Å². The zero-order valence-electron chi connectivity index (χ0n) is 9.08. The number of hydrogen-bond donors (Lipinski definition) is 1. The normalized spacial score (nSPS) is 17.1. The fourth-order valence-corrected chi connectivity index (χ4v) is 2.17. The molecule has 1 saturated heterocycles. The van der Waals surface area contributed by atoms with E-state index in [0.717, 1.165) is 19.2 Å². The summed E-state index contributed by atoms with van der Waals surface area (Å²) in [5.74, 6) is -2.27. The molecule has 0 atom stereocenters. The smallest absolute Gasteiger partial charge is 0.276 e. The lowest BCUT2D eigenvalue weighted by Crippen LogP contribution is -2.27. The molecular formula is C11H12F2N2O2. The third kappa shape index (κ3) is 2.41. The van der Waals surface area contributed by atoms with Crippen molar-refractivity contribution < 1.29 is 13.7 Å². The first-order valence-corrected chi connectivity index (χ1v) is 5.43. The van der Waals surface area contributed by atoms with E-state index >= 15 is 0 Å². The van der Waals surface area contributed by atoms with Crippen molar-refractivity contribution in [3.63, 3.8) is 0 Å². The maximum atomic E-state index is 13.2. The van der Waals surface area contributed by atoms with Crippen LogP contribution in [-0.4, -0.2) is 18.0 Å². The minimum atomic E-state index is -1.17. The lowest BCUT2D eigenvalue weighted by atomic mass is 9.89. The molecule has 6 heteroatoms. The van der Waals surface area contributed by atoms with Crippen LogP contribution in [-0.2, 0) is 0 Å². The summed E-state index contributed by atoms with van der Waals surface area (Å²) in [6.07, 6.45) is 1.40. The Labute approximate surface area is 96.8 Å². The van der Waals surface area contributed by atoms with Gasteiger partial charge in [-0.1, -0.05) is 0 Å². The van der Waals surface area contributed by atoms with E-state index in [1.54, 1.807) is 0 Å². The molecule has 2 rings (SSSR count). The van der Waals surface area contributed by atoms with Crippen molar-refractivity contribution in [1.29, 1.82) is 0 Å². The van der Waals surface area contributed by atoms with Crippen LogP contribution in [0.2, 0.25) is 0 Å². The van der Waals surface area contributed by atoms with E-state index in [1.807, 2.05) is 0 Å². The molecule has 1 aliphatic heterocycles. The maximum absolute atomic E-state index is 13.2. The molecule has 0 radical (unpaired) electrons. The standard InChI is InChI=1S/C11H12F2N2O2/c12-9-5-8(7-1-3-14-4-2-7)11(15(16)17)6-10(9)13/h5-7,14H,1-4H2. The van der Waals surface area contributed by atoms with Gasteiger partial charge in [-0.15, -0.1) is 0 Å². The van der Waals surface area contributed by atoms with Gasteiger partial charge in [-0.3, -0.25) is 10.1 Å². The van der Waals surface area contributed by atoms with E-state index in [2.05, 4.69) is 5.32 Å². The molecule has 1 heterocycles. The van der Waals surface area contributed by atoms with Crippen LogP contribution in [0.5, 0.6) is 0 Å². The molecule has 0 aromatic heterocycles. The molecule has 17 heavy (non-hydrogen) atoms. The SMILES string of the molecule is O=[N+]([O-])c1cc(F)c(F)cc1C1CCNCC1. The Bertz CT molecular complexity index is 445. The van der Waals surface area contributed by atoms with Crippen LogP contribution in [0.1, 0.15) is 24.3 Å². The van der Waals surface area contributed by atoms with E-state index in [9.17, 15) is 18.9 Å². The Morgan fingerprint density at radius 3 is 2.41 bits per heavy atom. The molecule has 1 aromatic rings. The van der Waals surface area contributed by atoms with Gasteiger partial charge >= 0.3 is 0 Å². The van der Waals surface area contributed by atoms with Gasteiger partial charge in [0.25, 0.3) is 5.69 Å². The fourth-order valence-electron chi connectivity index (χ4n) is 2.17. The zero-order valence-corrected chi connectivity index (χ0v) is 9.08. The van der Waals surface area contributed by atoms with E-state index < -0.39 is 16.6 Å². The van der Waals surface area contributed by atoms with Crippen molar-refractivity contribution in [3.05, 3.63) is 39.4 Å². The van der Waals surface area contributed by atoms with Crippen molar-refractivity contribution in [2.24, 2.45) is 0 Å². The third-order valence-electron chi connectivity index (χ3n) is 3.05. The largest absolute Gasteiger partial charge is 0.317 e. The molecular weight excluding hydrogens is 230 g/mol. The van der Waals surface area contributed by atoms with Crippen LogP contribution in [0.4, 0.5) is 14.5 Å². The first-order valence-electron chi connectivity index (χ1n) is 5.43. The molecule has 1 N–H and O–H groups in total. The van der Waals surface area contributed by atoms with E-state index in [0.29, 0.717) is 24.5 Å². The molecule has 1 aromatic carbocycles. The van der Waals surface area contributed by atoms with Crippen LogP contribution >= 0.6 is 0 Å². The average Bonchev–Trinajstić information content (AvgIpc) is 2.33. The van der Waals surface area contributed by atoms with Gasteiger partial charge in [0.1, 0.15) is 0 Å². The highest BCUT2D eigenvalue weighted by molar-refractivity contribution is 5.43. The Kier molecular flexibility index (Phi) is 3.33. The molecule has 1 fully saturated rings. The van der Waals surface area contributed by atoms with Crippen molar-refractivity contribution in [2.75, 3.05) is 13.1 Å². The second-order valence-corrected chi connectivity index (χ2v) is 4.11. The predicted molar refractivity (Wildman–Crippen MR) is 57.9 cm³/mol. The lowest BCUT2D eigenvalue weighted by Gasteiger charge is -2.22. The fraction of sp³-hybridized carbons (Fsp3) is 0.455. The van der Waals surface area contributed by atoms with Crippen LogP contribution in [0.25, 0.3) is 0 Å². The summed E-state index contributed by atoms with van der Waals surface area (Å²) in [4.78, 5) is 10.2. The maximum Gasteiger partial charge on any atom is 0.276 e. The van der Waals surface area contributed by atoms with Crippen molar-refractivity contribution in [3.8, 4) is 0 Å². The van der Waals surface area contributed by atoms with Gasteiger partial charge in [-0.2, -0.15) is 0 Å². The molecule has 4 nitrogen and oxygen atoms in total. The third-order valence-corrected chi connectivity index (χ3v) is 3.05. The Hall–Kier alpha value is -1.56. The molecule has 1 aliphatic rings. The van der Waals surface area contributed by atoms with Gasteiger partial charge in [-0.25, -0.2) is 8.78 Å². The van der Waals surface area contributed by atoms with Crippen LogP contribution in [0, 0.1) is 21.7 Å². The zero-order chi connectivity index (χ0) is 12.4. The number of nitro groups is 1. The number of nitrogens with one attached hydrogen (secondary N) is 1. The van der Waals surface area contributed by atoms with Crippen molar-refractivity contribution in [2.45, 2.75) is 18.8 Å². The number of rotatable bonds is 2. The summed E-state index contributed by atoms with van der Waals surface area (Å²) in [7, 11) is 0. The monoisotopic (exact) mass is 242 g/mol. The second kappa shape index (κ2) is 4.75.